The Morgan fingerprint density at radius 2 is 2.00 bits per heavy atom. The highest BCUT2D eigenvalue weighted by Gasteiger charge is 2.10. The van der Waals surface area contributed by atoms with Crippen LogP contribution in [0.4, 0.5) is 15.6 Å². The molecule has 0 aliphatic carbocycles. The van der Waals surface area contributed by atoms with Crippen molar-refractivity contribution < 1.29 is 4.79 Å². The summed E-state index contributed by atoms with van der Waals surface area (Å²) in [6.07, 6.45) is 4.40. The number of aromatic nitrogens is 2. The monoisotopic (exact) mass is 367 g/mol. The van der Waals surface area contributed by atoms with Crippen LogP contribution in [0.1, 0.15) is 11.3 Å². The van der Waals surface area contributed by atoms with Crippen LogP contribution in [0, 0.1) is 0 Å². The van der Waals surface area contributed by atoms with E-state index in [9.17, 15) is 4.79 Å². The van der Waals surface area contributed by atoms with E-state index in [0.29, 0.717) is 6.54 Å². The van der Waals surface area contributed by atoms with Crippen molar-refractivity contribution >= 4 is 28.2 Å². The number of nitrogens with zero attached hydrogens (tertiary/aromatic N) is 3. The Morgan fingerprint density at radius 1 is 1.12 bits per heavy atom. The third kappa shape index (κ3) is 5.03. The predicted molar refractivity (Wildman–Crippen MR) is 106 cm³/mol. The van der Waals surface area contributed by atoms with Gasteiger partial charge in [0.05, 0.1) is 5.00 Å². The van der Waals surface area contributed by atoms with Gasteiger partial charge in [-0.25, -0.2) is 9.78 Å². The second-order valence-electron chi connectivity index (χ2n) is 5.76. The Labute approximate surface area is 156 Å². The van der Waals surface area contributed by atoms with Gasteiger partial charge < -0.3 is 10.2 Å². The summed E-state index contributed by atoms with van der Waals surface area (Å²) < 4.78 is 0. The smallest absolute Gasteiger partial charge is 0.320 e. The lowest BCUT2D eigenvalue weighted by Gasteiger charge is -2.21. The minimum absolute atomic E-state index is 0.224. The average molecular weight is 367 g/mol. The van der Waals surface area contributed by atoms with E-state index in [1.807, 2.05) is 54.9 Å². The number of amides is 2. The summed E-state index contributed by atoms with van der Waals surface area (Å²) in [7, 11) is 2.00. The second-order valence-corrected chi connectivity index (χ2v) is 6.71. The molecule has 6 nitrogen and oxygen atoms in total. The zero-order chi connectivity index (χ0) is 18.2. The van der Waals surface area contributed by atoms with Crippen molar-refractivity contribution in [1.29, 1.82) is 0 Å². The maximum atomic E-state index is 12.0. The lowest BCUT2D eigenvalue weighted by atomic mass is 10.2. The number of pyridine rings is 2. The zero-order valence-electron chi connectivity index (χ0n) is 14.6. The van der Waals surface area contributed by atoms with Crippen molar-refractivity contribution in [2.75, 3.05) is 23.8 Å². The number of rotatable bonds is 7. The molecule has 0 aromatic carbocycles. The largest absolute Gasteiger partial charge is 0.359 e. The number of anilines is 2. The number of carbonyl (C=O) groups excluding carboxylic acids is 1. The van der Waals surface area contributed by atoms with Gasteiger partial charge in [0, 0.05) is 50.2 Å². The van der Waals surface area contributed by atoms with Crippen molar-refractivity contribution in [3.63, 3.8) is 0 Å². The Balaban J connectivity index is 1.57. The first kappa shape index (κ1) is 17.9. The second kappa shape index (κ2) is 8.96. The summed E-state index contributed by atoms with van der Waals surface area (Å²) in [6, 6.07) is 13.3. The molecule has 0 spiro atoms. The fourth-order valence-electron chi connectivity index (χ4n) is 2.53. The molecule has 2 N–H and O–H groups in total. The number of carbonyl (C=O) groups is 1. The maximum Gasteiger partial charge on any atom is 0.320 e. The van der Waals surface area contributed by atoms with Crippen molar-refractivity contribution in [3.05, 3.63) is 71.5 Å². The quantitative estimate of drug-likeness (QED) is 0.670. The summed E-state index contributed by atoms with van der Waals surface area (Å²) >= 11 is 1.49. The number of likely N-dealkylation sites (N-methyl/N-ethyl adjacent to an activating group) is 1. The third-order valence-electron chi connectivity index (χ3n) is 3.86. The van der Waals surface area contributed by atoms with Crippen LogP contribution >= 0.6 is 11.3 Å². The van der Waals surface area contributed by atoms with Gasteiger partial charge >= 0.3 is 6.03 Å². The molecule has 2 amide bonds. The predicted octanol–water partition coefficient (Wildman–Crippen LogP) is 3.54. The highest BCUT2D eigenvalue weighted by atomic mass is 32.1. The van der Waals surface area contributed by atoms with Gasteiger partial charge in [0.15, 0.2) is 0 Å². The van der Waals surface area contributed by atoms with Crippen LogP contribution in [-0.4, -0.2) is 29.6 Å². The molecule has 0 unspecified atom stereocenters. The number of hydrogen-bond donors (Lipinski definition) is 2. The van der Waals surface area contributed by atoms with E-state index >= 15 is 0 Å². The van der Waals surface area contributed by atoms with Crippen LogP contribution in [0.3, 0.4) is 0 Å². The lowest BCUT2D eigenvalue weighted by molar-refractivity contribution is 0.252. The molecular formula is C19H21N5OS. The SMILES string of the molecule is CN(CCc1ccccn1)c1ncccc1CNC(=O)Nc1cccs1. The van der Waals surface area contributed by atoms with Gasteiger partial charge in [-0.15, -0.1) is 11.3 Å². The van der Waals surface area contributed by atoms with Gasteiger partial charge in [-0.2, -0.15) is 0 Å². The first-order chi connectivity index (χ1) is 12.7. The standard InChI is InChI=1S/C19H21N5OS/c1-24(12-9-16-7-2-3-10-20-16)18-15(6-4-11-21-18)14-22-19(25)23-17-8-5-13-26-17/h2-8,10-11,13H,9,12,14H2,1H3,(H2,22,23,25). The number of urea groups is 1. The Bertz CT molecular complexity index is 823. The Morgan fingerprint density at radius 3 is 2.77 bits per heavy atom. The molecule has 0 aliphatic heterocycles. The van der Waals surface area contributed by atoms with Gasteiger partial charge in [-0.1, -0.05) is 12.1 Å². The van der Waals surface area contributed by atoms with Gasteiger partial charge in [-0.05, 0) is 35.7 Å². The molecule has 26 heavy (non-hydrogen) atoms. The minimum Gasteiger partial charge on any atom is -0.359 e. The van der Waals surface area contributed by atoms with Crippen LogP contribution in [-0.2, 0) is 13.0 Å². The molecule has 3 heterocycles. The van der Waals surface area contributed by atoms with Crippen LogP contribution in [0.15, 0.2) is 60.2 Å². The molecule has 0 saturated carbocycles. The van der Waals surface area contributed by atoms with E-state index in [2.05, 4.69) is 25.5 Å². The first-order valence-corrected chi connectivity index (χ1v) is 9.23. The summed E-state index contributed by atoms with van der Waals surface area (Å²) in [5, 5.41) is 8.44. The van der Waals surface area contributed by atoms with Crippen LogP contribution in [0.2, 0.25) is 0 Å². The Hall–Kier alpha value is -2.93. The molecule has 3 rings (SSSR count). The molecule has 7 heteroatoms. The van der Waals surface area contributed by atoms with Crippen molar-refractivity contribution in [1.82, 2.24) is 15.3 Å². The molecule has 0 saturated heterocycles. The fraction of sp³-hybridized carbons (Fsp3) is 0.211. The molecular weight excluding hydrogens is 346 g/mol. The van der Waals surface area contributed by atoms with Gasteiger partial charge in [-0.3, -0.25) is 10.3 Å². The first-order valence-electron chi connectivity index (χ1n) is 8.35. The molecule has 3 aromatic heterocycles. The molecule has 0 aliphatic rings. The fourth-order valence-corrected chi connectivity index (χ4v) is 3.14. The van der Waals surface area contributed by atoms with E-state index in [1.54, 1.807) is 12.4 Å². The van der Waals surface area contributed by atoms with Gasteiger partial charge in [0.2, 0.25) is 0 Å². The summed E-state index contributed by atoms with van der Waals surface area (Å²) in [4.78, 5) is 22.9. The molecule has 0 atom stereocenters. The van der Waals surface area contributed by atoms with Crippen molar-refractivity contribution in [2.45, 2.75) is 13.0 Å². The summed E-state index contributed by atoms with van der Waals surface area (Å²) in [5.74, 6) is 0.861. The molecule has 134 valence electrons. The van der Waals surface area contributed by atoms with E-state index in [4.69, 9.17) is 0 Å². The highest BCUT2D eigenvalue weighted by Crippen LogP contribution is 2.17. The van der Waals surface area contributed by atoms with Crippen molar-refractivity contribution in [2.24, 2.45) is 0 Å². The van der Waals surface area contributed by atoms with E-state index < -0.39 is 0 Å². The zero-order valence-corrected chi connectivity index (χ0v) is 15.4. The van der Waals surface area contributed by atoms with E-state index in [1.165, 1.54) is 11.3 Å². The Kier molecular flexibility index (Phi) is 6.16. The molecule has 0 radical (unpaired) electrons. The van der Waals surface area contributed by atoms with Crippen LogP contribution < -0.4 is 15.5 Å². The third-order valence-corrected chi connectivity index (χ3v) is 4.64. The number of nitrogens with one attached hydrogen (secondary N) is 2. The summed E-state index contributed by atoms with van der Waals surface area (Å²) in [5.41, 5.74) is 2.02. The van der Waals surface area contributed by atoms with Crippen molar-refractivity contribution in [3.8, 4) is 0 Å². The topological polar surface area (TPSA) is 70.2 Å². The summed E-state index contributed by atoms with van der Waals surface area (Å²) in [6.45, 7) is 1.21. The number of thiophene rings is 1. The molecule has 0 fully saturated rings. The maximum absolute atomic E-state index is 12.0. The van der Waals surface area contributed by atoms with Crippen LogP contribution in [0.5, 0.6) is 0 Å². The van der Waals surface area contributed by atoms with E-state index in [0.717, 1.165) is 35.0 Å². The van der Waals surface area contributed by atoms with E-state index in [-0.39, 0.29) is 6.03 Å². The normalized spacial score (nSPS) is 10.3. The number of hydrogen-bond acceptors (Lipinski definition) is 5. The lowest BCUT2D eigenvalue weighted by Crippen LogP contribution is -2.29. The average Bonchev–Trinajstić information content (AvgIpc) is 3.18. The minimum atomic E-state index is -0.224. The highest BCUT2D eigenvalue weighted by molar-refractivity contribution is 7.14. The van der Waals surface area contributed by atoms with Crippen LogP contribution in [0.25, 0.3) is 0 Å². The van der Waals surface area contributed by atoms with Gasteiger partial charge in [0.25, 0.3) is 0 Å². The molecule has 3 aromatic rings. The van der Waals surface area contributed by atoms with Gasteiger partial charge in [0.1, 0.15) is 5.82 Å². The molecule has 0 bridgehead atoms.